The lowest BCUT2D eigenvalue weighted by Crippen LogP contribution is -2.58. The van der Waals surface area contributed by atoms with Gasteiger partial charge in [0.2, 0.25) is 11.8 Å². The highest BCUT2D eigenvalue weighted by Gasteiger charge is 2.46. The number of nitrogens with zero attached hydrogens (tertiary/aromatic N) is 8. The van der Waals surface area contributed by atoms with E-state index < -0.39 is 29.5 Å². The number of carbonyl (C=O) groups is 4. The highest BCUT2D eigenvalue weighted by molar-refractivity contribution is 6.06. The molecule has 2 aromatic heterocycles. The van der Waals surface area contributed by atoms with Crippen molar-refractivity contribution in [1.82, 2.24) is 24.7 Å². The van der Waals surface area contributed by atoms with Gasteiger partial charge in [-0.15, -0.1) is 0 Å². The van der Waals surface area contributed by atoms with E-state index in [1.807, 2.05) is 15.9 Å². The second-order valence-corrected chi connectivity index (χ2v) is 16.8. The van der Waals surface area contributed by atoms with E-state index in [1.165, 1.54) is 22.1 Å². The SMILES string of the molecule is N#Cc1ccc(OC2CCC(N3C(=O)CC[C@H](N4Cc5cc(N6CCN(CC7CCN(c8ncc(C(N)=O)cc8F)CC7)CC6)c(F)cc5C4=O)C3=O)CC2)c2cccnc12. The monoisotopic (exact) mass is 831 g/mol. The molecule has 4 aliphatic heterocycles. The highest BCUT2D eigenvalue weighted by Crippen LogP contribution is 2.37. The number of ether oxygens (including phenoxy) is 1. The number of likely N-dealkylation sites (tertiary alicyclic amines) is 1. The minimum absolute atomic E-state index is 0.0412. The summed E-state index contributed by atoms with van der Waals surface area (Å²) < 4.78 is 36.8. The molecule has 4 fully saturated rings. The molecule has 5 aliphatic rings. The molecule has 0 bridgehead atoms. The number of nitrogens with two attached hydrogens (primary N) is 1. The normalized spacial score (nSPS) is 22.8. The van der Waals surface area contributed by atoms with E-state index in [2.05, 4.69) is 20.9 Å². The molecule has 1 atom stereocenters. The Morgan fingerprint density at radius 1 is 0.885 bits per heavy atom. The van der Waals surface area contributed by atoms with Gasteiger partial charge in [0.05, 0.1) is 28.4 Å². The molecule has 1 aliphatic carbocycles. The lowest BCUT2D eigenvalue weighted by Gasteiger charge is -2.41. The number of carbonyl (C=O) groups excluding carboxylic acids is 4. The minimum atomic E-state index is -0.816. The number of piperidine rings is 2. The van der Waals surface area contributed by atoms with Crippen LogP contribution < -0.4 is 20.3 Å². The number of fused-ring (bicyclic) bond motifs is 2. The number of piperazine rings is 1. The number of benzene rings is 2. The van der Waals surface area contributed by atoms with Gasteiger partial charge in [0.25, 0.3) is 11.8 Å². The van der Waals surface area contributed by atoms with Gasteiger partial charge in [-0.3, -0.25) is 34.0 Å². The summed E-state index contributed by atoms with van der Waals surface area (Å²) >= 11 is 0. The summed E-state index contributed by atoms with van der Waals surface area (Å²) in [5.74, 6) is -1.48. The summed E-state index contributed by atoms with van der Waals surface area (Å²) in [6, 6.07) is 12.4. The summed E-state index contributed by atoms with van der Waals surface area (Å²) in [5.41, 5.74) is 7.71. The smallest absolute Gasteiger partial charge is 0.255 e. The number of pyridine rings is 2. The zero-order valence-corrected chi connectivity index (χ0v) is 33.8. The van der Waals surface area contributed by atoms with Crippen molar-refractivity contribution in [3.05, 3.63) is 88.7 Å². The van der Waals surface area contributed by atoms with Gasteiger partial charge in [-0.05, 0) is 98.9 Å². The largest absolute Gasteiger partial charge is 0.490 e. The van der Waals surface area contributed by atoms with Gasteiger partial charge < -0.3 is 25.2 Å². The zero-order chi connectivity index (χ0) is 42.4. The fraction of sp³-hybridized carbons (Fsp3) is 0.444. The third kappa shape index (κ3) is 7.82. The average Bonchev–Trinajstić information content (AvgIpc) is 3.58. The van der Waals surface area contributed by atoms with Gasteiger partial charge in [0, 0.05) is 88.2 Å². The summed E-state index contributed by atoms with van der Waals surface area (Å²) in [7, 11) is 0. The van der Waals surface area contributed by atoms with Crippen LogP contribution in [-0.4, -0.2) is 112 Å². The molecule has 4 amide bonds. The fourth-order valence-corrected chi connectivity index (χ4v) is 9.90. The standard InChI is InChI=1S/C45H47F2N9O5/c46-35-22-34-30(21-38(35)53-18-16-52(17-19-53)25-27-11-14-54(15-12-27)43-36(47)20-29(24-51-43)42(49)58)26-55(44(34)59)37-8-10-40(57)56(45(37)60)31-4-6-32(7-5-31)61-39-9-3-28(23-48)41-33(39)2-1-13-50-41/h1-3,9,13,20-22,24,27,31-32,37H,4-8,10-12,14-19,25-26H2,(H2,49,58)/t31?,32?,37-/m0/s1. The topological polar surface area (TPSA) is 169 Å². The van der Waals surface area contributed by atoms with Crippen LogP contribution in [0.25, 0.3) is 10.9 Å². The Kier molecular flexibility index (Phi) is 11.0. The van der Waals surface area contributed by atoms with Crippen LogP contribution in [0, 0.1) is 28.9 Å². The van der Waals surface area contributed by atoms with Crippen LogP contribution in [0.4, 0.5) is 20.3 Å². The number of primary amides is 1. The summed E-state index contributed by atoms with van der Waals surface area (Å²) in [6.07, 6.45) is 7.27. The quantitative estimate of drug-likeness (QED) is 0.231. The molecule has 0 radical (unpaired) electrons. The van der Waals surface area contributed by atoms with Crippen molar-refractivity contribution in [2.75, 3.05) is 55.6 Å². The van der Waals surface area contributed by atoms with Crippen LogP contribution in [0.2, 0.25) is 0 Å². The number of halogens is 2. The van der Waals surface area contributed by atoms with Crippen molar-refractivity contribution >= 4 is 46.0 Å². The Bertz CT molecular complexity index is 2440. The van der Waals surface area contributed by atoms with E-state index in [9.17, 15) is 28.8 Å². The predicted molar refractivity (Wildman–Crippen MR) is 221 cm³/mol. The Hall–Kier alpha value is -6.21. The molecule has 9 rings (SSSR count). The van der Waals surface area contributed by atoms with E-state index in [4.69, 9.17) is 10.5 Å². The van der Waals surface area contributed by atoms with Crippen LogP contribution in [-0.2, 0) is 16.1 Å². The number of imide groups is 1. The van der Waals surface area contributed by atoms with Crippen molar-refractivity contribution in [2.24, 2.45) is 11.7 Å². The Morgan fingerprint density at radius 2 is 1.66 bits per heavy atom. The van der Waals surface area contributed by atoms with E-state index in [-0.39, 0.29) is 60.3 Å². The molecular formula is C45H47F2N9O5. The van der Waals surface area contributed by atoms with Crippen molar-refractivity contribution < 1.29 is 32.7 Å². The first kappa shape index (κ1) is 40.2. The van der Waals surface area contributed by atoms with E-state index in [1.54, 1.807) is 30.5 Å². The van der Waals surface area contributed by atoms with Crippen LogP contribution in [0.3, 0.4) is 0 Å². The molecule has 16 heteroatoms. The molecule has 1 saturated carbocycles. The number of nitriles is 1. The molecule has 61 heavy (non-hydrogen) atoms. The molecule has 2 aromatic carbocycles. The molecule has 2 N–H and O–H groups in total. The van der Waals surface area contributed by atoms with Crippen LogP contribution in [0.5, 0.6) is 5.75 Å². The Labute approximate surface area is 351 Å². The third-order valence-electron chi connectivity index (χ3n) is 13.2. The van der Waals surface area contributed by atoms with Gasteiger partial charge in [-0.1, -0.05) is 0 Å². The first-order chi connectivity index (χ1) is 29.6. The molecule has 6 heterocycles. The second kappa shape index (κ2) is 16.7. The van der Waals surface area contributed by atoms with Crippen molar-refractivity contribution in [3.63, 3.8) is 0 Å². The molecular weight excluding hydrogens is 785 g/mol. The maximum absolute atomic E-state index is 15.8. The van der Waals surface area contributed by atoms with Crippen LogP contribution in [0.15, 0.2) is 54.9 Å². The van der Waals surface area contributed by atoms with Gasteiger partial charge in [-0.25, -0.2) is 13.8 Å². The predicted octanol–water partition coefficient (Wildman–Crippen LogP) is 4.78. The third-order valence-corrected chi connectivity index (χ3v) is 13.2. The Morgan fingerprint density at radius 3 is 2.38 bits per heavy atom. The number of anilines is 2. The van der Waals surface area contributed by atoms with Crippen molar-refractivity contribution in [1.29, 1.82) is 5.26 Å². The summed E-state index contributed by atoms with van der Waals surface area (Å²) in [4.78, 5) is 70.3. The van der Waals surface area contributed by atoms with Crippen LogP contribution >= 0.6 is 0 Å². The van der Waals surface area contributed by atoms with E-state index >= 15 is 4.39 Å². The van der Waals surface area contributed by atoms with E-state index in [0.717, 1.165) is 43.9 Å². The molecule has 14 nitrogen and oxygen atoms in total. The summed E-state index contributed by atoms with van der Waals surface area (Å²) in [6.45, 7) is 5.05. The second-order valence-electron chi connectivity index (χ2n) is 16.8. The molecule has 316 valence electrons. The summed E-state index contributed by atoms with van der Waals surface area (Å²) in [5, 5.41) is 10.3. The van der Waals surface area contributed by atoms with Crippen molar-refractivity contribution in [3.8, 4) is 11.8 Å². The number of aromatic nitrogens is 2. The van der Waals surface area contributed by atoms with E-state index in [0.29, 0.717) is 85.9 Å². The Balaban J connectivity index is 0.780. The van der Waals surface area contributed by atoms with Crippen molar-refractivity contribution in [2.45, 2.75) is 76.1 Å². The number of hydrogen-bond acceptors (Lipinski definition) is 11. The number of hydrogen-bond donors (Lipinski definition) is 1. The highest BCUT2D eigenvalue weighted by atomic mass is 19.1. The van der Waals surface area contributed by atoms with Gasteiger partial charge in [-0.2, -0.15) is 5.26 Å². The van der Waals surface area contributed by atoms with Gasteiger partial charge in [0.1, 0.15) is 23.7 Å². The molecule has 0 unspecified atom stereocenters. The average molecular weight is 832 g/mol. The zero-order valence-electron chi connectivity index (χ0n) is 33.8. The molecule has 4 aromatic rings. The van der Waals surface area contributed by atoms with Crippen LogP contribution in [0.1, 0.15) is 83.2 Å². The lowest BCUT2D eigenvalue weighted by molar-refractivity contribution is -0.156. The van der Waals surface area contributed by atoms with Gasteiger partial charge in [0.15, 0.2) is 11.6 Å². The lowest BCUT2D eigenvalue weighted by atomic mass is 9.89. The maximum Gasteiger partial charge on any atom is 0.255 e. The first-order valence-electron chi connectivity index (χ1n) is 21.2. The molecule has 3 saturated heterocycles. The molecule has 0 spiro atoms. The minimum Gasteiger partial charge on any atom is -0.490 e. The number of rotatable bonds is 9. The van der Waals surface area contributed by atoms with Gasteiger partial charge >= 0.3 is 0 Å². The first-order valence-corrected chi connectivity index (χ1v) is 21.2. The fourth-order valence-electron chi connectivity index (χ4n) is 9.90. The maximum atomic E-state index is 15.8. The number of amides is 4.